The maximum absolute atomic E-state index is 13.8. The van der Waals surface area contributed by atoms with Crippen molar-refractivity contribution in [3.63, 3.8) is 0 Å². The largest absolute Gasteiger partial charge is 0.497 e. The van der Waals surface area contributed by atoms with Crippen molar-refractivity contribution < 1.29 is 22.7 Å². The number of ether oxygens (including phenoxy) is 2. The molecule has 206 valence electrons. The van der Waals surface area contributed by atoms with Crippen LogP contribution in [-0.2, 0) is 14.8 Å². The van der Waals surface area contributed by atoms with Crippen LogP contribution in [0.15, 0.2) is 47.4 Å². The van der Waals surface area contributed by atoms with Crippen molar-refractivity contribution in [3.05, 3.63) is 48.0 Å². The van der Waals surface area contributed by atoms with E-state index in [1.54, 1.807) is 24.1 Å². The number of methoxy groups -OCH3 is 1. The van der Waals surface area contributed by atoms with E-state index in [1.165, 1.54) is 27.8 Å². The number of fused-ring (bicyclic) bond motifs is 1. The topological polar surface area (TPSA) is 92.3 Å². The molecule has 3 aromatic rings. The van der Waals surface area contributed by atoms with Gasteiger partial charge in [0.05, 0.1) is 34.4 Å². The van der Waals surface area contributed by atoms with Gasteiger partial charge in [0.25, 0.3) is 5.91 Å². The number of thiazole rings is 1. The summed E-state index contributed by atoms with van der Waals surface area (Å²) in [6.07, 6.45) is -0.356. The molecule has 9 nitrogen and oxygen atoms in total. The van der Waals surface area contributed by atoms with Gasteiger partial charge in [-0.15, -0.1) is 0 Å². The van der Waals surface area contributed by atoms with Gasteiger partial charge in [-0.25, -0.2) is 13.4 Å². The third-order valence-electron chi connectivity index (χ3n) is 6.72. The van der Waals surface area contributed by atoms with Crippen molar-refractivity contribution in [2.75, 3.05) is 51.3 Å². The Morgan fingerprint density at radius 2 is 1.74 bits per heavy atom. The fourth-order valence-electron chi connectivity index (χ4n) is 4.60. The summed E-state index contributed by atoms with van der Waals surface area (Å²) in [6.45, 7) is 11.4. The van der Waals surface area contributed by atoms with E-state index in [9.17, 15) is 13.2 Å². The van der Waals surface area contributed by atoms with Crippen molar-refractivity contribution in [1.29, 1.82) is 0 Å². The molecule has 0 N–H and O–H groups in total. The third-order valence-corrected chi connectivity index (χ3v) is 9.62. The van der Waals surface area contributed by atoms with Crippen LogP contribution in [0.4, 0.5) is 5.13 Å². The van der Waals surface area contributed by atoms with Crippen LogP contribution in [0.25, 0.3) is 10.2 Å². The van der Waals surface area contributed by atoms with E-state index in [-0.39, 0.29) is 23.0 Å². The minimum absolute atomic E-state index is 0.164. The Balaban J connectivity index is 1.61. The van der Waals surface area contributed by atoms with Crippen LogP contribution in [0.5, 0.6) is 5.75 Å². The van der Waals surface area contributed by atoms with E-state index in [1.807, 2.05) is 32.0 Å². The summed E-state index contributed by atoms with van der Waals surface area (Å²) >= 11 is 1.45. The summed E-state index contributed by atoms with van der Waals surface area (Å²) in [4.78, 5) is 22.6. The third kappa shape index (κ3) is 6.18. The van der Waals surface area contributed by atoms with Crippen molar-refractivity contribution >= 4 is 42.6 Å². The number of amides is 1. The van der Waals surface area contributed by atoms with E-state index >= 15 is 0 Å². The first kappa shape index (κ1) is 28.4. The average molecular weight is 561 g/mol. The predicted molar refractivity (Wildman–Crippen MR) is 151 cm³/mol. The summed E-state index contributed by atoms with van der Waals surface area (Å²) in [5.41, 5.74) is 1.17. The average Bonchev–Trinajstić information content (AvgIpc) is 3.33. The fourth-order valence-corrected chi connectivity index (χ4v) is 7.16. The van der Waals surface area contributed by atoms with E-state index in [0.717, 1.165) is 23.3 Å². The number of aromatic nitrogens is 1. The highest BCUT2D eigenvalue weighted by Crippen LogP contribution is 2.32. The summed E-state index contributed by atoms with van der Waals surface area (Å²) < 4.78 is 39.9. The molecule has 1 fully saturated rings. The van der Waals surface area contributed by atoms with Crippen molar-refractivity contribution in [2.24, 2.45) is 0 Å². The second-order valence-corrected chi connectivity index (χ2v) is 12.4. The molecule has 38 heavy (non-hydrogen) atoms. The molecule has 0 bridgehead atoms. The van der Waals surface area contributed by atoms with Gasteiger partial charge in [-0.2, -0.15) is 4.31 Å². The summed E-state index contributed by atoms with van der Waals surface area (Å²) in [5.74, 6) is 0.483. The van der Waals surface area contributed by atoms with Gasteiger partial charge < -0.3 is 14.4 Å². The molecule has 2 atom stereocenters. The maximum Gasteiger partial charge on any atom is 0.260 e. The molecule has 2 aromatic carbocycles. The van der Waals surface area contributed by atoms with Gasteiger partial charge >= 0.3 is 0 Å². The number of anilines is 1. The minimum Gasteiger partial charge on any atom is -0.497 e. The smallest absolute Gasteiger partial charge is 0.260 e. The van der Waals surface area contributed by atoms with Crippen LogP contribution in [0, 0.1) is 0 Å². The second kappa shape index (κ2) is 12.1. The van der Waals surface area contributed by atoms with Crippen LogP contribution in [0.1, 0.15) is 38.1 Å². The second-order valence-electron chi connectivity index (χ2n) is 9.42. The van der Waals surface area contributed by atoms with Gasteiger partial charge in [0, 0.05) is 37.8 Å². The van der Waals surface area contributed by atoms with Gasteiger partial charge in [0.1, 0.15) is 5.75 Å². The Morgan fingerprint density at radius 1 is 1.08 bits per heavy atom. The Kier molecular flexibility index (Phi) is 9.04. The molecule has 1 aliphatic heterocycles. The number of carbonyl (C=O) groups is 1. The lowest BCUT2D eigenvalue weighted by Gasteiger charge is -2.34. The lowest BCUT2D eigenvalue weighted by atomic mass is 10.2. The normalized spacial score (nSPS) is 18.7. The highest BCUT2D eigenvalue weighted by atomic mass is 32.2. The zero-order valence-corrected chi connectivity index (χ0v) is 24.2. The van der Waals surface area contributed by atoms with Crippen LogP contribution in [-0.4, -0.2) is 87.1 Å². The molecule has 2 heterocycles. The van der Waals surface area contributed by atoms with Crippen LogP contribution in [0.2, 0.25) is 0 Å². The quantitative estimate of drug-likeness (QED) is 0.369. The molecular formula is C27H36N4O5S2. The highest BCUT2D eigenvalue weighted by molar-refractivity contribution is 7.89. The first-order chi connectivity index (χ1) is 18.2. The standard InChI is InChI=1S/C27H36N4O5S2/c1-6-29(7-2)14-15-31(27-28-24-16-22(35-5)10-13-25(24)37-27)26(32)21-8-11-23(12-9-21)38(33,34)30-17-19(3)36-20(4)18-30/h8-13,16,19-20H,6-7,14-15,17-18H2,1-5H3. The van der Waals surface area contributed by atoms with E-state index < -0.39 is 10.0 Å². The lowest BCUT2D eigenvalue weighted by molar-refractivity contribution is -0.0440. The lowest BCUT2D eigenvalue weighted by Crippen LogP contribution is -2.48. The fraction of sp³-hybridized carbons (Fsp3) is 0.481. The molecule has 0 spiro atoms. The highest BCUT2D eigenvalue weighted by Gasteiger charge is 2.32. The SMILES string of the molecule is CCN(CC)CCN(C(=O)c1ccc(S(=O)(=O)N2CC(C)OC(C)C2)cc1)c1nc2cc(OC)ccc2s1. The van der Waals surface area contributed by atoms with Crippen LogP contribution >= 0.6 is 11.3 Å². The van der Waals surface area contributed by atoms with Gasteiger partial charge in [-0.3, -0.25) is 9.69 Å². The van der Waals surface area contributed by atoms with E-state index in [4.69, 9.17) is 14.5 Å². The number of hydrogen-bond acceptors (Lipinski definition) is 8. The predicted octanol–water partition coefficient (Wildman–Crippen LogP) is 4.09. The first-order valence-electron chi connectivity index (χ1n) is 12.9. The zero-order chi connectivity index (χ0) is 27.4. The Labute approximate surface area is 229 Å². The number of morpholine rings is 1. The number of likely N-dealkylation sites (N-methyl/N-ethyl adjacent to an activating group) is 1. The van der Waals surface area contributed by atoms with Gasteiger partial charge in [-0.1, -0.05) is 25.2 Å². The molecule has 11 heteroatoms. The zero-order valence-electron chi connectivity index (χ0n) is 22.6. The Hall–Kier alpha value is -2.57. The molecule has 1 amide bonds. The van der Waals surface area contributed by atoms with Crippen LogP contribution in [0.3, 0.4) is 0 Å². The van der Waals surface area contributed by atoms with Gasteiger partial charge in [-0.05, 0) is 63.3 Å². The minimum atomic E-state index is -3.70. The van der Waals surface area contributed by atoms with Crippen molar-refractivity contribution in [2.45, 2.75) is 44.8 Å². The molecule has 1 aromatic heterocycles. The summed E-state index contributed by atoms with van der Waals surface area (Å²) in [7, 11) is -2.09. The first-order valence-corrected chi connectivity index (χ1v) is 15.2. The summed E-state index contributed by atoms with van der Waals surface area (Å²) in [5, 5.41) is 0.596. The molecule has 1 saturated heterocycles. The molecule has 4 rings (SSSR count). The number of carbonyl (C=O) groups excluding carboxylic acids is 1. The van der Waals surface area contributed by atoms with E-state index in [2.05, 4.69) is 18.7 Å². The molecule has 0 aliphatic carbocycles. The molecule has 1 aliphatic rings. The Morgan fingerprint density at radius 3 is 2.34 bits per heavy atom. The van der Waals surface area contributed by atoms with Crippen molar-refractivity contribution in [3.8, 4) is 5.75 Å². The number of nitrogens with zero attached hydrogens (tertiary/aromatic N) is 4. The molecule has 2 unspecified atom stereocenters. The number of rotatable bonds is 10. The van der Waals surface area contributed by atoms with Gasteiger partial charge in [0.2, 0.25) is 10.0 Å². The Bertz CT molecular complexity index is 1350. The van der Waals surface area contributed by atoms with E-state index in [0.29, 0.717) is 42.6 Å². The maximum atomic E-state index is 13.8. The number of hydrogen-bond donors (Lipinski definition) is 0. The molecule has 0 radical (unpaired) electrons. The summed E-state index contributed by atoms with van der Waals surface area (Å²) in [6, 6.07) is 11.9. The number of sulfonamides is 1. The monoisotopic (exact) mass is 560 g/mol. The van der Waals surface area contributed by atoms with Crippen LogP contribution < -0.4 is 9.64 Å². The molecule has 0 saturated carbocycles. The van der Waals surface area contributed by atoms with Gasteiger partial charge in [0.15, 0.2) is 5.13 Å². The molecular weight excluding hydrogens is 524 g/mol. The van der Waals surface area contributed by atoms with Crippen molar-refractivity contribution in [1.82, 2.24) is 14.2 Å². The number of benzene rings is 2.